The highest BCUT2D eigenvalue weighted by molar-refractivity contribution is 6.38. The highest BCUT2D eigenvalue weighted by Gasteiger charge is 2.25. The molecular weight excluding hydrogens is 519 g/mol. The van der Waals surface area contributed by atoms with Crippen LogP contribution in [0.25, 0.3) is 11.0 Å². The molecule has 0 spiro atoms. The number of nitrogens with one attached hydrogen (secondary N) is 2. The van der Waals surface area contributed by atoms with Crippen molar-refractivity contribution in [3.8, 4) is 0 Å². The summed E-state index contributed by atoms with van der Waals surface area (Å²) in [5.41, 5.74) is 5.71. The van der Waals surface area contributed by atoms with E-state index in [1.54, 1.807) is 12.4 Å². The summed E-state index contributed by atoms with van der Waals surface area (Å²) in [5.74, 6) is 0.560. The van der Waals surface area contributed by atoms with E-state index in [0.29, 0.717) is 16.0 Å². The molecule has 0 amide bonds. The monoisotopic (exact) mass is 550 g/mol. The molecule has 38 heavy (non-hydrogen) atoms. The summed E-state index contributed by atoms with van der Waals surface area (Å²) in [7, 11) is 0. The van der Waals surface area contributed by atoms with E-state index in [1.807, 2.05) is 22.8 Å². The lowest BCUT2D eigenvalue weighted by molar-refractivity contribution is 0.319. The van der Waals surface area contributed by atoms with E-state index >= 15 is 0 Å². The third kappa shape index (κ3) is 5.09. The molecule has 9 heteroatoms. The number of hydrogen-bond donors (Lipinski definition) is 2. The molecule has 0 bridgehead atoms. The lowest BCUT2D eigenvalue weighted by Crippen LogP contribution is -2.47. The molecule has 198 valence electrons. The fourth-order valence-corrected chi connectivity index (χ4v) is 6.52. The Kier molecular flexibility index (Phi) is 7.22. The van der Waals surface area contributed by atoms with Gasteiger partial charge < -0.3 is 20.1 Å². The van der Waals surface area contributed by atoms with E-state index in [1.165, 1.54) is 32.1 Å². The van der Waals surface area contributed by atoms with Crippen LogP contribution in [-0.4, -0.2) is 40.7 Å². The number of anilines is 4. The predicted octanol–water partition coefficient (Wildman–Crippen LogP) is 6.68. The first kappa shape index (κ1) is 25.1. The van der Waals surface area contributed by atoms with Crippen molar-refractivity contribution in [3.05, 3.63) is 75.4 Å². The standard InChI is InChI=1S/C29H32Cl2N6O/c30-22-17-32-18-23(31)28(22)36-13-11-35(12-14-36)26-16-27-25(15-24(26)33-21-9-5-2-6-10-21)34-29(38)37(27)19-20-7-3-1-4-8-20/h2,5-6,9-10,15-18,20,33H,1,3-4,7-8,11-14,19H2,(H,34,38). The zero-order chi connectivity index (χ0) is 26.1. The van der Waals surface area contributed by atoms with Crippen LogP contribution in [0.15, 0.2) is 59.7 Å². The second-order valence-corrected chi connectivity index (χ2v) is 11.2. The maximum atomic E-state index is 13.1. The number of rotatable bonds is 6. The lowest BCUT2D eigenvalue weighted by Gasteiger charge is -2.38. The summed E-state index contributed by atoms with van der Waals surface area (Å²) in [6, 6.07) is 14.4. The predicted molar refractivity (Wildman–Crippen MR) is 158 cm³/mol. The first-order valence-corrected chi connectivity index (χ1v) is 14.2. The number of para-hydroxylation sites is 1. The third-order valence-corrected chi connectivity index (χ3v) is 8.43. The molecule has 7 nitrogen and oxygen atoms in total. The van der Waals surface area contributed by atoms with Crippen LogP contribution in [0.4, 0.5) is 22.7 Å². The van der Waals surface area contributed by atoms with Crippen LogP contribution in [-0.2, 0) is 6.54 Å². The second-order valence-electron chi connectivity index (χ2n) is 10.3. The smallest absolute Gasteiger partial charge is 0.326 e. The molecule has 1 aliphatic carbocycles. The van der Waals surface area contributed by atoms with Gasteiger partial charge in [0.1, 0.15) is 0 Å². The van der Waals surface area contributed by atoms with Gasteiger partial charge in [-0.15, -0.1) is 0 Å². The van der Waals surface area contributed by atoms with Gasteiger partial charge in [0.15, 0.2) is 0 Å². The number of aromatic nitrogens is 3. The summed E-state index contributed by atoms with van der Waals surface area (Å²) < 4.78 is 1.95. The largest absolute Gasteiger partial charge is 0.366 e. The molecule has 1 aliphatic heterocycles. The van der Waals surface area contributed by atoms with Crippen molar-refractivity contribution in [1.82, 2.24) is 14.5 Å². The summed E-state index contributed by atoms with van der Waals surface area (Å²) in [5, 5.41) is 4.73. The Balaban J connectivity index is 1.34. The van der Waals surface area contributed by atoms with Crippen LogP contribution in [0.2, 0.25) is 10.0 Å². The minimum Gasteiger partial charge on any atom is -0.366 e. The van der Waals surface area contributed by atoms with E-state index < -0.39 is 0 Å². The number of nitrogens with zero attached hydrogens (tertiary/aromatic N) is 4. The number of fused-ring (bicyclic) bond motifs is 1. The van der Waals surface area contributed by atoms with Gasteiger partial charge in [-0.2, -0.15) is 0 Å². The van der Waals surface area contributed by atoms with E-state index in [2.05, 4.69) is 49.4 Å². The lowest BCUT2D eigenvalue weighted by atomic mass is 9.89. The number of aromatic amines is 1. The number of H-pyrrole nitrogens is 1. The van der Waals surface area contributed by atoms with E-state index in [-0.39, 0.29) is 5.69 Å². The first-order valence-electron chi connectivity index (χ1n) is 13.4. The molecule has 2 N–H and O–H groups in total. The fourth-order valence-electron chi connectivity index (χ4n) is 5.92. The third-order valence-electron chi connectivity index (χ3n) is 7.87. The number of pyridine rings is 1. The van der Waals surface area contributed by atoms with Gasteiger partial charge in [0.25, 0.3) is 0 Å². The van der Waals surface area contributed by atoms with Gasteiger partial charge in [-0.3, -0.25) is 9.55 Å². The second kappa shape index (κ2) is 10.9. The Morgan fingerprint density at radius 1 is 0.921 bits per heavy atom. The van der Waals surface area contributed by atoms with Crippen LogP contribution in [0.1, 0.15) is 32.1 Å². The highest BCUT2D eigenvalue weighted by Crippen LogP contribution is 2.37. The maximum Gasteiger partial charge on any atom is 0.326 e. The molecule has 3 heterocycles. The zero-order valence-corrected chi connectivity index (χ0v) is 22.8. The van der Waals surface area contributed by atoms with Crippen LogP contribution in [0.3, 0.4) is 0 Å². The van der Waals surface area contributed by atoms with Crippen molar-refractivity contribution in [2.24, 2.45) is 5.92 Å². The quantitative estimate of drug-likeness (QED) is 0.280. The van der Waals surface area contributed by atoms with Crippen molar-refractivity contribution in [1.29, 1.82) is 0 Å². The summed E-state index contributed by atoms with van der Waals surface area (Å²) in [4.78, 5) is 24.9. The van der Waals surface area contributed by atoms with E-state index in [0.717, 1.165) is 66.5 Å². The van der Waals surface area contributed by atoms with Crippen molar-refractivity contribution < 1.29 is 0 Å². The Morgan fingerprint density at radius 2 is 1.61 bits per heavy atom. The first-order chi connectivity index (χ1) is 18.6. The summed E-state index contributed by atoms with van der Waals surface area (Å²) >= 11 is 12.9. The van der Waals surface area contributed by atoms with Crippen molar-refractivity contribution in [2.45, 2.75) is 38.6 Å². The Labute approximate surface area is 232 Å². The molecule has 2 fully saturated rings. The number of imidazole rings is 1. The molecule has 0 unspecified atom stereocenters. The van der Waals surface area contributed by atoms with Crippen LogP contribution in [0.5, 0.6) is 0 Å². The number of benzene rings is 2. The van der Waals surface area contributed by atoms with Gasteiger partial charge in [-0.05, 0) is 43.0 Å². The average Bonchev–Trinajstić information content (AvgIpc) is 3.23. The van der Waals surface area contributed by atoms with Crippen LogP contribution < -0.4 is 20.8 Å². The molecule has 0 atom stereocenters. The minimum atomic E-state index is -0.0276. The molecule has 1 saturated heterocycles. The van der Waals surface area contributed by atoms with Gasteiger partial charge in [-0.1, -0.05) is 60.7 Å². The Morgan fingerprint density at radius 3 is 2.32 bits per heavy atom. The molecule has 4 aromatic rings. The van der Waals surface area contributed by atoms with Gasteiger partial charge in [-0.25, -0.2) is 4.79 Å². The van der Waals surface area contributed by atoms with E-state index in [4.69, 9.17) is 23.2 Å². The molecular formula is C29H32Cl2N6O. The minimum absolute atomic E-state index is 0.0276. The van der Waals surface area contributed by atoms with Crippen molar-refractivity contribution in [2.75, 3.05) is 41.3 Å². The molecule has 1 saturated carbocycles. The Bertz CT molecular complexity index is 1450. The molecule has 2 aromatic heterocycles. The average molecular weight is 552 g/mol. The summed E-state index contributed by atoms with van der Waals surface area (Å²) in [6.07, 6.45) is 9.50. The highest BCUT2D eigenvalue weighted by atomic mass is 35.5. The zero-order valence-electron chi connectivity index (χ0n) is 21.3. The van der Waals surface area contributed by atoms with Crippen molar-refractivity contribution >= 4 is 57.0 Å². The number of hydrogen-bond acceptors (Lipinski definition) is 5. The van der Waals surface area contributed by atoms with Crippen LogP contribution >= 0.6 is 23.2 Å². The maximum absolute atomic E-state index is 13.1. The number of piperazine rings is 1. The van der Waals surface area contributed by atoms with E-state index in [9.17, 15) is 4.79 Å². The normalized spacial score (nSPS) is 16.8. The molecule has 2 aromatic carbocycles. The number of halogens is 2. The van der Waals surface area contributed by atoms with Gasteiger partial charge >= 0.3 is 5.69 Å². The molecule has 2 aliphatic rings. The van der Waals surface area contributed by atoms with Gasteiger partial charge in [0.2, 0.25) is 0 Å². The topological polar surface area (TPSA) is 69.2 Å². The fraction of sp³-hybridized carbons (Fsp3) is 0.379. The van der Waals surface area contributed by atoms with Gasteiger partial charge in [0.05, 0.1) is 38.1 Å². The molecule has 6 rings (SSSR count). The summed E-state index contributed by atoms with van der Waals surface area (Å²) in [6.45, 7) is 3.90. The molecule has 0 radical (unpaired) electrons. The SMILES string of the molecule is O=c1[nH]c2cc(Nc3ccccc3)c(N3CCN(c4c(Cl)cncc4Cl)CC3)cc2n1CC1CCCCC1. The van der Waals surface area contributed by atoms with Crippen molar-refractivity contribution in [3.63, 3.8) is 0 Å². The van der Waals surface area contributed by atoms with Crippen LogP contribution in [0, 0.1) is 5.92 Å². The Hall–Kier alpha value is -3.16. The van der Waals surface area contributed by atoms with Gasteiger partial charge in [0, 0.05) is 50.8 Å².